The molecule has 3 rings (SSSR count). The molecule has 27 heavy (non-hydrogen) atoms. The maximum atomic E-state index is 12.6. The first-order chi connectivity index (χ1) is 13.0. The van der Waals surface area contributed by atoms with Crippen LogP contribution in [0.2, 0.25) is 0 Å². The molecule has 2 heterocycles. The molecule has 1 aliphatic heterocycles. The molecule has 1 aromatic heterocycles. The molecule has 1 N–H and O–H groups in total. The number of nitrogens with one attached hydrogen (secondary N) is 1. The second kappa shape index (κ2) is 9.30. The highest BCUT2D eigenvalue weighted by Gasteiger charge is 2.32. The van der Waals surface area contributed by atoms with Crippen molar-refractivity contribution in [1.29, 1.82) is 0 Å². The van der Waals surface area contributed by atoms with Crippen LogP contribution in [0.25, 0.3) is 0 Å². The molecule has 1 aliphatic carbocycles. The summed E-state index contributed by atoms with van der Waals surface area (Å²) in [6, 6.07) is 1.27. The molecule has 0 spiro atoms. The zero-order chi connectivity index (χ0) is 19.3. The average Bonchev–Trinajstić information content (AvgIpc) is 3.14. The lowest BCUT2D eigenvalue weighted by molar-refractivity contribution is -0.0277. The molecular weight excluding hydrogens is 375 g/mol. The first-order valence-electron chi connectivity index (χ1n) is 9.41. The molecule has 1 aromatic rings. The third-order valence-electron chi connectivity index (χ3n) is 5.08. The minimum absolute atomic E-state index is 0.0460. The van der Waals surface area contributed by atoms with Gasteiger partial charge in [-0.15, -0.1) is 0 Å². The maximum Gasteiger partial charge on any atom is 0.474 e. The highest BCUT2D eigenvalue weighted by Crippen LogP contribution is 2.50. The molecule has 0 amide bonds. The fraction of sp³-hybridized carbons (Fsp3) is 0.765. The molecule has 1 saturated heterocycles. The lowest BCUT2D eigenvalue weighted by Gasteiger charge is -2.24. The van der Waals surface area contributed by atoms with Gasteiger partial charge >= 0.3 is 13.5 Å². The summed E-state index contributed by atoms with van der Waals surface area (Å²) in [7, 11) is -2.32. The summed E-state index contributed by atoms with van der Waals surface area (Å²) >= 11 is 0. The first kappa shape index (κ1) is 20.5. The lowest BCUT2D eigenvalue weighted by atomic mass is 9.90. The van der Waals surface area contributed by atoms with E-state index in [0.29, 0.717) is 25.4 Å². The van der Waals surface area contributed by atoms with Crippen molar-refractivity contribution in [3.8, 4) is 0 Å². The van der Waals surface area contributed by atoms with Gasteiger partial charge in [-0.1, -0.05) is 19.3 Å². The third kappa shape index (κ3) is 5.62. The number of hydrogen-bond acceptors (Lipinski definition) is 7. The topological polar surface area (TPSA) is 109 Å². The van der Waals surface area contributed by atoms with Gasteiger partial charge in [-0.25, -0.2) is 9.36 Å². The van der Waals surface area contributed by atoms with Crippen LogP contribution in [0.5, 0.6) is 0 Å². The molecule has 3 atom stereocenters. The summed E-state index contributed by atoms with van der Waals surface area (Å²) in [5, 5.41) is 0. The Hall–Kier alpha value is -1.25. The highest BCUT2D eigenvalue weighted by molar-refractivity contribution is 7.48. The van der Waals surface area contributed by atoms with Crippen LogP contribution in [0, 0.1) is 5.92 Å². The van der Waals surface area contributed by atoms with Gasteiger partial charge in [0, 0.05) is 19.4 Å². The summed E-state index contributed by atoms with van der Waals surface area (Å²) in [6.45, 7) is 0.413. The predicted molar refractivity (Wildman–Crippen MR) is 97.6 cm³/mol. The van der Waals surface area contributed by atoms with Gasteiger partial charge < -0.3 is 4.74 Å². The second-order valence-corrected chi connectivity index (χ2v) is 8.81. The molecule has 9 nitrogen and oxygen atoms in total. The normalized spacial score (nSPS) is 26.1. The maximum absolute atomic E-state index is 12.6. The van der Waals surface area contributed by atoms with Crippen molar-refractivity contribution in [2.45, 2.75) is 57.3 Å². The summed E-state index contributed by atoms with van der Waals surface area (Å²) in [4.78, 5) is 25.2. The van der Waals surface area contributed by atoms with Crippen molar-refractivity contribution in [2.24, 2.45) is 5.92 Å². The number of aromatic nitrogens is 2. The Morgan fingerprint density at radius 3 is 2.59 bits per heavy atom. The summed E-state index contributed by atoms with van der Waals surface area (Å²) in [5.41, 5.74) is -0.974. The predicted octanol–water partition coefficient (Wildman–Crippen LogP) is 2.58. The SMILES string of the molecule is COP(=O)(OCC1CCCCC1)OCC1CCC(n2ccc(=O)[nH]c2=O)O1. The zero-order valence-electron chi connectivity index (χ0n) is 15.5. The van der Waals surface area contributed by atoms with Gasteiger partial charge in [0.15, 0.2) is 0 Å². The average molecular weight is 402 g/mol. The van der Waals surface area contributed by atoms with Crippen LogP contribution in [-0.4, -0.2) is 36.0 Å². The summed E-state index contributed by atoms with van der Waals surface area (Å²) in [5.74, 6) is 0.394. The second-order valence-electron chi connectivity index (χ2n) is 7.03. The van der Waals surface area contributed by atoms with E-state index in [9.17, 15) is 14.2 Å². The van der Waals surface area contributed by atoms with E-state index in [1.165, 1.54) is 43.2 Å². The molecule has 2 aliphatic rings. The van der Waals surface area contributed by atoms with Crippen LogP contribution in [-0.2, 0) is 22.9 Å². The fourth-order valence-corrected chi connectivity index (χ4v) is 4.56. The van der Waals surface area contributed by atoms with Crippen molar-refractivity contribution in [3.63, 3.8) is 0 Å². The molecule has 152 valence electrons. The standard InChI is InChI=1S/C17H27N2O7P/c1-23-27(22,24-11-13-5-3-2-4-6-13)25-12-14-7-8-16(26-14)19-10-9-15(20)18-17(19)21/h9-10,13-14,16H,2-8,11-12H2,1H3,(H,18,20,21). The molecule has 10 heteroatoms. The van der Waals surface area contributed by atoms with E-state index in [-0.39, 0.29) is 12.7 Å². The van der Waals surface area contributed by atoms with E-state index < -0.39 is 25.3 Å². The number of phosphoric ester groups is 1. The zero-order valence-corrected chi connectivity index (χ0v) is 16.4. The Kier molecular flexibility index (Phi) is 7.05. The van der Waals surface area contributed by atoms with E-state index in [2.05, 4.69) is 4.98 Å². The van der Waals surface area contributed by atoms with Crippen LogP contribution in [0.1, 0.15) is 51.2 Å². The van der Waals surface area contributed by atoms with Crippen LogP contribution in [0.4, 0.5) is 0 Å². The van der Waals surface area contributed by atoms with Crippen molar-refractivity contribution in [3.05, 3.63) is 33.1 Å². The van der Waals surface area contributed by atoms with E-state index in [1.807, 2.05) is 0 Å². The molecule has 0 bridgehead atoms. The molecular formula is C17H27N2O7P. The van der Waals surface area contributed by atoms with Gasteiger partial charge in [0.1, 0.15) is 6.23 Å². The monoisotopic (exact) mass is 402 g/mol. The number of aromatic amines is 1. The minimum Gasteiger partial charge on any atom is -0.352 e. The summed E-state index contributed by atoms with van der Waals surface area (Å²) < 4.78 is 35.6. The molecule has 1 saturated carbocycles. The Bertz CT molecular complexity index is 771. The van der Waals surface area contributed by atoms with Gasteiger partial charge in [0.05, 0.1) is 19.3 Å². The lowest BCUT2D eigenvalue weighted by Crippen LogP contribution is -2.31. The molecule has 0 radical (unpaired) electrons. The first-order valence-corrected chi connectivity index (χ1v) is 10.9. The van der Waals surface area contributed by atoms with Gasteiger partial charge in [0.2, 0.25) is 0 Å². The number of ether oxygens (including phenoxy) is 1. The van der Waals surface area contributed by atoms with Crippen molar-refractivity contribution in [1.82, 2.24) is 9.55 Å². The quantitative estimate of drug-likeness (QED) is 0.666. The molecule has 0 aromatic carbocycles. The van der Waals surface area contributed by atoms with Crippen LogP contribution in [0.15, 0.2) is 21.9 Å². The number of H-pyrrole nitrogens is 1. The van der Waals surface area contributed by atoms with Gasteiger partial charge in [-0.2, -0.15) is 0 Å². The fourth-order valence-electron chi connectivity index (χ4n) is 3.54. The Morgan fingerprint density at radius 2 is 1.89 bits per heavy atom. The number of hydrogen-bond donors (Lipinski definition) is 1. The Morgan fingerprint density at radius 1 is 1.15 bits per heavy atom. The van der Waals surface area contributed by atoms with Crippen LogP contribution < -0.4 is 11.2 Å². The van der Waals surface area contributed by atoms with E-state index in [4.69, 9.17) is 18.3 Å². The van der Waals surface area contributed by atoms with Crippen molar-refractivity contribution >= 4 is 7.82 Å². The van der Waals surface area contributed by atoms with Crippen molar-refractivity contribution < 1.29 is 22.9 Å². The smallest absolute Gasteiger partial charge is 0.352 e. The van der Waals surface area contributed by atoms with Crippen molar-refractivity contribution in [2.75, 3.05) is 20.3 Å². The Balaban J connectivity index is 1.49. The van der Waals surface area contributed by atoms with E-state index in [0.717, 1.165) is 12.8 Å². The van der Waals surface area contributed by atoms with Gasteiger partial charge in [0.25, 0.3) is 5.56 Å². The number of nitrogens with zero attached hydrogens (tertiary/aromatic N) is 1. The molecule has 2 fully saturated rings. The van der Waals surface area contributed by atoms with Crippen LogP contribution >= 0.6 is 7.82 Å². The van der Waals surface area contributed by atoms with Gasteiger partial charge in [-0.05, 0) is 31.6 Å². The van der Waals surface area contributed by atoms with Gasteiger partial charge in [-0.3, -0.25) is 27.9 Å². The van der Waals surface area contributed by atoms with E-state index >= 15 is 0 Å². The highest BCUT2D eigenvalue weighted by atomic mass is 31.2. The molecule has 3 unspecified atom stereocenters. The largest absolute Gasteiger partial charge is 0.474 e. The Labute approximate surface area is 157 Å². The number of rotatable bonds is 8. The minimum atomic E-state index is -3.62. The third-order valence-corrected chi connectivity index (χ3v) is 6.46. The summed E-state index contributed by atoms with van der Waals surface area (Å²) in [6.07, 6.45) is 7.53. The van der Waals surface area contributed by atoms with Crippen LogP contribution in [0.3, 0.4) is 0 Å². The number of phosphoric acid groups is 1. The van der Waals surface area contributed by atoms with E-state index in [1.54, 1.807) is 0 Å².